The number of allylic oxidation sites excluding steroid dienone is 1. The molecule has 0 saturated heterocycles. The molecule has 1 aromatic carbocycles. The molecule has 0 bridgehead atoms. The number of ether oxygens (including phenoxy) is 1. The number of thiocarbonyl (C=S) groups is 1. The van der Waals surface area contributed by atoms with Crippen molar-refractivity contribution in [2.24, 2.45) is 0 Å². The normalized spacial score (nSPS) is 12.2. The molecule has 0 aliphatic rings. The van der Waals surface area contributed by atoms with E-state index in [1.165, 1.54) is 5.70 Å². The fourth-order valence-corrected chi connectivity index (χ4v) is 4.47. The summed E-state index contributed by atoms with van der Waals surface area (Å²) in [5, 5.41) is 0.514. The monoisotopic (exact) mass is 293 g/mol. The molecule has 0 spiro atoms. The van der Waals surface area contributed by atoms with Crippen LogP contribution in [0.1, 0.15) is 13.8 Å². The molecular formula is C15H23NOSSi. The molecule has 19 heavy (non-hydrogen) atoms. The summed E-state index contributed by atoms with van der Waals surface area (Å²) < 4.78 is 8.07. The predicted octanol–water partition coefficient (Wildman–Crippen LogP) is 4.45. The summed E-state index contributed by atoms with van der Waals surface area (Å²) in [5.41, 5.74) is 1.18. The molecule has 0 heterocycles. The molecule has 0 fully saturated rings. The minimum atomic E-state index is -1.36. The van der Waals surface area contributed by atoms with Crippen molar-refractivity contribution >= 4 is 25.5 Å². The fraction of sp³-hybridized carbons (Fsp3) is 0.400. The molecule has 0 saturated carbocycles. The van der Waals surface area contributed by atoms with Crippen LogP contribution in [0.2, 0.25) is 19.6 Å². The van der Waals surface area contributed by atoms with E-state index in [0.29, 0.717) is 5.05 Å². The summed E-state index contributed by atoms with van der Waals surface area (Å²) in [6.45, 7) is 12.3. The van der Waals surface area contributed by atoms with Gasteiger partial charge in [0, 0.05) is 18.3 Å². The molecule has 0 amide bonds. The minimum absolute atomic E-state index is 0.514. The van der Waals surface area contributed by atoms with E-state index in [2.05, 4.69) is 38.1 Å². The van der Waals surface area contributed by atoms with E-state index < -0.39 is 8.24 Å². The molecule has 0 aromatic heterocycles. The van der Waals surface area contributed by atoms with Crippen LogP contribution in [0.15, 0.2) is 42.1 Å². The van der Waals surface area contributed by atoms with Gasteiger partial charge in [0.1, 0.15) is 14.0 Å². The van der Waals surface area contributed by atoms with Crippen molar-refractivity contribution in [3.63, 3.8) is 0 Å². The number of hydrogen-bond donors (Lipinski definition) is 0. The Hall–Kier alpha value is -1.13. The second-order valence-electron chi connectivity index (χ2n) is 5.43. The van der Waals surface area contributed by atoms with Crippen molar-refractivity contribution in [1.82, 2.24) is 4.57 Å². The molecule has 0 unspecified atom stereocenters. The lowest BCUT2D eigenvalue weighted by Crippen LogP contribution is -2.44. The SMILES string of the molecule is CCN(/C(C)=C\C(=S)Oc1ccccc1)[Si](C)(C)C. The molecule has 104 valence electrons. The smallest absolute Gasteiger partial charge is 0.192 e. The lowest BCUT2D eigenvalue weighted by molar-refractivity contribution is 0.539. The second-order valence-corrected chi connectivity index (χ2v) is 10.7. The maximum Gasteiger partial charge on any atom is 0.192 e. The zero-order valence-electron chi connectivity index (χ0n) is 12.4. The number of hydrogen-bond acceptors (Lipinski definition) is 3. The van der Waals surface area contributed by atoms with Gasteiger partial charge in [0.25, 0.3) is 0 Å². The molecule has 1 aromatic rings. The van der Waals surface area contributed by atoms with Crippen LogP contribution in [0.5, 0.6) is 5.75 Å². The third kappa shape index (κ3) is 5.16. The molecule has 0 atom stereocenters. The van der Waals surface area contributed by atoms with Crippen LogP contribution in [0, 0.1) is 0 Å². The average Bonchev–Trinajstić information content (AvgIpc) is 2.28. The summed E-state index contributed by atoms with van der Waals surface area (Å²) in [6.07, 6.45) is 1.95. The van der Waals surface area contributed by atoms with E-state index in [-0.39, 0.29) is 0 Å². The van der Waals surface area contributed by atoms with E-state index in [1.807, 2.05) is 36.4 Å². The first-order valence-electron chi connectivity index (χ1n) is 6.57. The van der Waals surface area contributed by atoms with Gasteiger partial charge < -0.3 is 9.30 Å². The van der Waals surface area contributed by atoms with Gasteiger partial charge >= 0.3 is 0 Å². The quantitative estimate of drug-likeness (QED) is 0.452. The largest absolute Gasteiger partial charge is 0.446 e. The predicted molar refractivity (Wildman–Crippen MR) is 89.2 cm³/mol. The number of benzene rings is 1. The molecule has 1 rings (SSSR count). The van der Waals surface area contributed by atoms with Crippen LogP contribution in [0.4, 0.5) is 0 Å². The van der Waals surface area contributed by atoms with Crippen molar-refractivity contribution in [2.45, 2.75) is 33.5 Å². The Bertz CT molecular complexity index is 451. The molecular weight excluding hydrogens is 270 g/mol. The third-order valence-corrected chi connectivity index (χ3v) is 5.33. The van der Waals surface area contributed by atoms with Gasteiger partial charge in [0.2, 0.25) is 0 Å². The maximum atomic E-state index is 5.64. The lowest BCUT2D eigenvalue weighted by Gasteiger charge is -2.36. The van der Waals surface area contributed by atoms with E-state index in [9.17, 15) is 0 Å². The first-order valence-corrected chi connectivity index (χ1v) is 10.4. The highest BCUT2D eigenvalue weighted by molar-refractivity contribution is 7.80. The highest BCUT2D eigenvalue weighted by Gasteiger charge is 2.22. The highest BCUT2D eigenvalue weighted by atomic mass is 32.1. The standard InChI is InChI=1S/C15H23NOSSi/c1-6-16(19(3,4)5)13(2)12-15(18)17-14-10-8-7-9-11-14/h7-12H,6H2,1-5H3/b13-12-. The zero-order valence-corrected chi connectivity index (χ0v) is 14.3. The Morgan fingerprint density at radius 1 is 1.26 bits per heavy atom. The Kier molecular flexibility index (Phi) is 5.75. The van der Waals surface area contributed by atoms with E-state index in [1.54, 1.807) is 0 Å². The van der Waals surface area contributed by atoms with Crippen LogP contribution in [0.3, 0.4) is 0 Å². The number of rotatable bonds is 5. The van der Waals surface area contributed by atoms with Crippen LogP contribution < -0.4 is 4.74 Å². The molecule has 0 aliphatic heterocycles. The van der Waals surface area contributed by atoms with Gasteiger partial charge in [-0.25, -0.2) is 0 Å². The molecule has 4 heteroatoms. The summed E-state index contributed by atoms with van der Waals surface area (Å²) in [4.78, 5) is 0. The molecule has 0 radical (unpaired) electrons. The van der Waals surface area contributed by atoms with Crippen molar-refractivity contribution in [3.05, 3.63) is 42.1 Å². The highest BCUT2D eigenvalue weighted by Crippen LogP contribution is 2.17. The fourth-order valence-electron chi connectivity index (χ4n) is 2.14. The van der Waals surface area contributed by atoms with Gasteiger partial charge in [0.15, 0.2) is 5.05 Å². The summed E-state index contributed by atoms with van der Waals surface area (Å²) in [6, 6.07) is 9.65. The number of para-hydroxylation sites is 1. The van der Waals surface area contributed by atoms with Crippen molar-refractivity contribution in [1.29, 1.82) is 0 Å². The topological polar surface area (TPSA) is 12.5 Å². The van der Waals surface area contributed by atoms with Crippen molar-refractivity contribution in [2.75, 3.05) is 6.54 Å². The van der Waals surface area contributed by atoms with Gasteiger partial charge in [-0.05, 0) is 38.2 Å². The summed E-state index contributed by atoms with van der Waals surface area (Å²) in [5.74, 6) is 0.785. The van der Waals surface area contributed by atoms with Crippen LogP contribution in [0.25, 0.3) is 0 Å². The van der Waals surface area contributed by atoms with Gasteiger partial charge in [0.05, 0.1) is 0 Å². The molecule has 2 nitrogen and oxygen atoms in total. The van der Waals surface area contributed by atoms with Crippen molar-refractivity contribution in [3.8, 4) is 5.75 Å². The third-order valence-electron chi connectivity index (χ3n) is 2.84. The maximum absolute atomic E-state index is 5.64. The van der Waals surface area contributed by atoms with Crippen LogP contribution in [-0.2, 0) is 0 Å². The first kappa shape index (κ1) is 15.9. The van der Waals surface area contributed by atoms with E-state index in [0.717, 1.165) is 12.3 Å². The van der Waals surface area contributed by atoms with Crippen LogP contribution >= 0.6 is 12.2 Å². The van der Waals surface area contributed by atoms with Gasteiger partial charge in [-0.15, -0.1) is 0 Å². The Labute approximate surface area is 123 Å². The molecule has 0 N–H and O–H groups in total. The number of nitrogens with zero attached hydrogens (tertiary/aromatic N) is 1. The van der Waals surface area contributed by atoms with E-state index in [4.69, 9.17) is 17.0 Å². The average molecular weight is 294 g/mol. The summed E-state index contributed by atoms with van der Waals surface area (Å²) in [7, 11) is -1.36. The Morgan fingerprint density at radius 3 is 2.32 bits per heavy atom. The zero-order chi connectivity index (χ0) is 14.5. The van der Waals surface area contributed by atoms with E-state index >= 15 is 0 Å². The minimum Gasteiger partial charge on any atom is -0.446 e. The first-order chi connectivity index (χ1) is 8.84. The van der Waals surface area contributed by atoms with Gasteiger partial charge in [-0.1, -0.05) is 37.8 Å². The Morgan fingerprint density at radius 2 is 1.84 bits per heavy atom. The second kappa shape index (κ2) is 6.87. The van der Waals surface area contributed by atoms with Gasteiger partial charge in [-0.3, -0.25) is 0 Å². The molecule has 0 aliphatic carbocycles. The van der Waals surface area contributed by atoms with Crippen LogP contribution in [-0.4, -0.2) is 24.4 Å². The lowest BCUT2D eigenvalue weighted by atomic mass is 10.3. The summed E-state index contributed by atoms with van der Waals surface area (Å²) >= 11 is 5.29. The Balaban J connectivity index is 2.75. The van der Waals surface area contributed by atoms with Crippen molar-refractivity contribution < 1.29 is 4.74 Å². The van der Waals surface area contributed by atoms with Gasteiger partial charge in [-0.2, -0.15) is 0 Å².